The van der Waals surface area contributed by atoms with Gasteiger partial charge in [0.05, 0.1) is 12.2 Å². The lowest BCUT2D eigenvalue weighted by Crippen LogP contribution is -2.64. The summed E-state index contributed by atoms with van der Waals surface area (Å²) in [5.41, 5.74) is -0.277. The van der Waals surface area contributed by atoms with E-state index in [1.807, 2.05) is 6.92 Å². The van der Waals surface area contributed by atoms with E-state index < -0.39 is 5.97 Å². The molecular weight excluding hydrogens is 198 g/mol. The molecule has 0 saturated carbocycles. The summed E-state index contributed by atoms with van der Waals surface area (Å²) in [7, 11) is 0. The molecule has 0 aromatic rings. The van der Waals surface area contributed by atoms with Gasteiger partial charge in [-0.2, -0.15) is 0 Å². The third-order valence-corrected chi connectivity index (χ3v) is 3.04. The lowest BCUT2D eigenvalue weighted by molar-refractivity contribution is -0.169. The van der Waals surface area contributed by atoms with Crippen LogP contribution in [0.15, 0.2) is 0 Å². The van der Waals surface area contributed by atoms with Gasteiger partial charge in [0.15, 0.2) is 0 Å². The second-order valence-corrected chi connectivity index (χ2v) is 4.55. The summed E-state index contributed by atoms with van der Waals surface area (Å²) in [4.78, 5) is 12.7. The van der Waals surface area contributed by atoms with Gasteiger partial charge in [-0.15, -0.1) is 0 Å². The molecule has 2 heterocycles. The molecule has 0 radical (unpaired) electrons. The normalized spacial score (nSPS) is 30.1. The van der Waals surface area contributed by atoms with Crippen molar-refractivity contribution in [3.8, 4) is 0 Å². The SMILES string of the molecule is CC1(OCC(=O)O)CN(C2CCOC2)C1. The molecule has 1 unspecified atom stereocenters. The van der Waals surface area contributed by atoms with Crippen LogP contribution in [0, 0.1) is 0 Å². The van der Waals surface area contributed by atoms with Crippen molar-refractivity contribution in [1.29, 1.82) is 0 Å². The number of carbonyl (C=O) groups is 1. The van der Waals surface area contributed by atoms with Gasteiger partial charge in [-0.25, -0.2) is 4.79 Å². The van der Waals surface area contributed by atoms with Crippen molar-refractivity contribution in [1.82, 2.24) is 4.90 Å². The van der Waals surface area contributed by atoms with Gasteiger partial charge < -0.3 is 14.6 Å². The Bertz CT molecular complexity index is 244. The molecule has 2 aliphatic heterocycles. The number of hydrogen-bond donors (Lipinski definition) is 1. The van der Waals surface area contributed by atoms with E-state index in [1.54, 1.807) is 0 Å². The monoisotopic (exact) mass is 215 g/mol. The van der Waals surface area contributed by atoms with E-state index in [-0.39, 0.29) is 12.2 Å². The molecular formula is C10H17NO4. The molecule has 2 fully saturated rings. The highest BCUT2D eigenvalue weighted by molar-refractivity contribution is 5.68. The Morgan fingerprint density at radius 3 is 2.93 bits per heavy atom. The summed E-state index contributed by atoms with van der Waals surface area (Å²) in [5, 5.41) is 8.52. The topological polar surface area (TPSA) is 59.0 Å². The average Bonchev–Trinajstić information content (AvgIpc) is 2.62. The van der Waals surface area contributed by atoms with Gasteiger partial charge in [0.25, 0.3) is 0 Å². The minimum absolute atomic E-state index is 0.203. The quantitative estimate of drug-likeness (QED) is 0.712. The van der Waals surface area contributed by atoms with E-state index in [0.29, 0.717) is 6.04 Å². The van der Waals surface area contributed by atoms with Crippen molar-refractivity contribution in [2.24, 2.45) is 0 Å². The van der Waals surface area contributed by atoms with Crippen LogP contribution in [-0.4, -0.2) is 60.5 Å². The van der Waals surface area contributed by atoms with Crippen LogP contribution in [0.3, 0.4) is 0 Å². The maximum absolute atomic E-state index is 10.4. The molecule has 1 atom stereocenters. The van der Waals surface area contributed by atoms with Crippen LogP contribution in [-0.2, 0) is 14.3 Å². The van der Waals surface area contributed by atoms with Gasteiger partial charge in [-0.05, 0) is 13.3 Å². The van der Waals surface area contributed by atoms with E-state index >= 15 is 0 Å². The molecule has 1 N–H and O–H groups in total. The lowest BCUT2D eigenvalue weighted by Gasteiger charge is -2.49. The van der Waals surface area contributed by atoms with Gasteiger partial charge in [-0.1, -0.05) is 0 Å². The Morgan fingerprint density at radius 2 is 2.40 bits per heavy atom. The molecule has 2 saturated heterocycles. The number of carboxylic acid groups (broad SMARTS) is 1. The Labute approximate surface area is 89.0 Å². The summed E-state index contributed by atoms with van der Waals surface area (Å²) in [6.07, 6.45) is 1.08. The molecule has 0 spiro atoms. The second kappa shape index (κ2) is 4.08. The fourth-order valence-electron chi connectivity index (χ4n) is 2.21. The van der Waals surface area contributed by atoms with Crippen molar-refractivity contribution >= 4 is 5.97 Å². The number of aliphatic carboxylic acids is 1. The highest BCUT2D eigenvalue weighted by atomic mass is 16.5. The Kier molecular flexibility index (Phi) is 2.95. The largest absolute Gasteiger partial charge is 0.480 e. The first-order valence-electron chi connectivity index (χ1n) is 5.27. The summed E-state index contributed by atoms with van der Waals surface area (Å²) >= 11 is 0. The van der Waals surface area contributed by atoms with E-state index in [1.165, 1.54) is 0 Å². The van der Waals surface area contributed by atoms with Crippen molar-refractivity contribution in [3.63, 3.8) is 0 Å². The van der Waals surface area contributed by atoms with Crippen LogP contribution in [0.2, 0.25) is 0 Å². The van der Waals surface area contributed by atoms with E-state index in [4.69, 9.17) is 14.6 Å². The van der Waals surface area contributed by atoms with Gasteiger partial charge in [0.2, 0.25) is 0 Å². The molecule has 0 aromatic carbocycles. The second-order valence-electron chi connectivity index (χ2n) is 4.55. The molecule has 5 nitrogen and oxygen atoms in total. The number of likely N-dealkylation sites (tertiary alicyclic amines) is 1. The van der Waals surface area contributed by atoms with Crippen LogP contribution in [0.4, 0.5) is 0 Å². The van der Waals surface area contributed by atoms with Crippen molar-refractivity contribution in [3.05, 3.63) is 0 Å². The number of carboxylic acids is 1. The molecule has 0 aliphatic carbocycles. The van der Waals surface area contributed by atoms with Gasteiger partial charge in [0, 0.05) is 25.7 Å². The summed E-state index contributed by atoms with van der Waals surface area (Å²) in [5.74, 6) is -0.904. The highest BCUT2D eigenvalue weighted by Gasteiger charge is 2.43. The van der Waals surface area contributed by atoms with E-state index in [2.05, 4.69) is 4.90 Å². The third kappa shape index (κ3) is 2.48. The smallest absolute Gasteiger partial charge is 0.329 e. The fraction of sp³-hybridized carbons (Fsp3) is 0.900. The average molecular weight is 215 g/mol. The standard InChI is InChI=1S/C10H17NO4/c1-10(15-5-9(12)13)6-11(7-10)8-2-3-14-4-8/h8H,2-7H2,1H3,(H,12,13). The first kappa shape index (κ1) is 10.9. The zero-order valence-corrected chi connectivity index (χ0v) is 8.94. The summed E-state index contributed by atoms with van der Waals surface area (Å²) in [6.45, 7) is 5.03. The molecule has 0 bridgehead atoms. The van der Waals surface area contributed by atoms with Gasteiger partial charge >= 0.3 is 5.97 Å². The Morgan fingerprint density at radius 1 is 1.67 bits per heavy atom. The van der Waals surface area contributed by atoms with Crippen LogP contribution < -0.4 is 0 Å². The summed E-state index contributed by atoms with van der Waals surface area (Å²) < 4.78 is 10.6. The highest BCUT2D eigenvalue weighted by Crippen LogP contribution is 2.29. The first-order valence-corrected chi connectivity index (χ1v) is 5.27. The molecule has 5 heteroatoms. The molecule has 0 amide bonds. The first-order chi connectivity index (χ1) is 7.09. The van der Waals surface area contributed by atoms with Crippen LogP contribution >= 0.6 is 0 Å². The fourth-order valence-corrected chi connectivity index (χ4v) is 2.21. The minimum atomic E-state index is -0.904. The Hall–Kier alpha value is -0.650. The predicted molar refractivity (Wildman–Crippen MR) is 52.8 cm³/mol. The molecule has 2 rings (SSSR count). The van der Waals surface area contributed by atoms with Crippen LogP contribution in [0.25, 0.3) is 0 Å². The third-order valence-electron chi connectivity index (χ3n) is 3.04. The minimum Gasteiger partial charge on any atom is -0.480 e. The number of rotatable bonds is 4. The molecule has 15 heavy (non-hydrogen) atoms. The lowest BCUT2D eigenvalue weighted by atomic mass is 9.94. The van der Waals surface area contributed by atoms with Crippen molar-refractivity contribution in [2.75, 3.05) is 32.9 Å². The van der Waals surface area contributed by atoms with Crippen LogP contribution in [0.5, 0.6) is 0 Å². The molecule has 86 valence electrons. The predicted octanol–water partition coefficient (Wildman–Crippen LogP) is -0.0492. The van der Waals surface area contributed by atoms with Crippen molar-refractivity contribution < 1.29 is 19.4 Å². The van der Waals surface area contributed by atoms with Crippen LogP contribution in [0.1, 0.15) is 13.3 Å². The van der Waals surface area contributed by atoms with Crippen molar-refractivity contribution in [2.45, 2.75) is 25.0 Å². The Balaban J connectivity index is 1.73. The molecule has 2 aliphatic rings. The molecule has 0 aromatic heterocycles. The maximum atomic E-state index is 10.4. The number of hydrogen-bond acceptors (Lipinski definition) is 4. The number of nitrogens with zero attached hydrogens (tertiary/aromatic N) is 1. The summed E-state index contributed by atoms with van der Waals surface area (Å²) in [6, 6.07) is 0.506. The van der Waals surface area contributed by atoms with E-state index in [0.717, 1.165) is 32.7 Å². The maximum Gasteiger partial charge on any atom is 0.329 e. The number of ether oxygens (including phenoxy) is 2. The van der Waals surface area contributed by atoms with Gasteiger partial charge in [-0.3, -0.25) is 4.90 Å². The van der Waals surface area contributed by atoms with E-state index in [9.17, 15) is 4.79 Å². The zero-order chi connectivity index (χ0) is 10.9. The zero-order valence-electron chi connectivity index (χ0n) is 8.94. The van der Waals surface area contributed by atoms with Gasteiger partial charge in [0.1, 0.15) is 6.61 Å².